The van der Waals surface area contributed by atoms with Gasteiger partial charge < -0.3 is 15.5 Å². The molecular formula is C20H26N8. The van der Waals surface area contributed by atoms with E-state index in [0.29, 0.717) is 12.0 Å². The van der Waals surface area contributed by atoms with Crippen LogP contribution in [0.1, 0.15) is 31.9 Å². The van der Waals surface area contributed by atoms with Crippen LogP contribution in [0, 0.1) is 5.92 Å². The molecule has 146 valence electrons. The summed E-state index contributed by atoms with van der Waals surface area (Å²) < 4.78 is 0. The molecule has 0 unspecified atom stereocenters. The minimum absolute atomic E-state index is 0.413. The zero-order chi connectivity index (χ0) is 19.1. The highest BCUT2D eigenvalue weighted by molar-refractivity contribution is 5.87. The van der Waals surface area contributed by atoms with Gasteiger partial charge >= 0.3 is 0 Å². The van der Waals surface area contributed by atoms with Gasteiger partial charge in [0.2, 0.25) is 0 Å². The van der Waals surface area contributed by atoms with E-state index in [1.54, 1.807) is 0 Å². The van der Waals surface area contributed by atoms with Crippen molar-refractivity contribution in [1.82, 2.24) is 25.1 Å². The summed E-state index contributed by atoms with van der Waals surface area (Å²) in [5.74, 6) is 2.35. The maximum Gasteiger partial charge on any atom is 0.183 e. The molecule has 2 aliphatic heterocycles. The summed E-state index contributed by atoms with van der Waals surface area (Å²) in [5, 5.41) is 7.66. The SMILES string of the molecule is C[C@@H]1C[C@H](CN)CCN1c1cnc2c(N3CCCc4ncccc43)n[nH]c2n1. The first-order valence-corrected chi connectivity index (χ1v) is 10.1. The molecule has 5 rings (SSSR count). The Morgan fingerprint density at radius 1 is 1.29 bits per heavy atom. The van der Waals surface area contributed by atoms with Gasteiger partial charge in [0.15, 0.2) is 17.0 Å². The number of nitrogens with one attached hydrogen (secondary N) is 1. The number of aromatic nitrogens is 5. The summed E-state index contributed by atoms with van der Waals surface area (Å²) in [6.07, 6.45) is 7.99. The Morgan fingerprint density at radius 3 is 3.07 bits per heavy atom. The summed E-state index contributed by atoms with van der Waals surface area (Å²) in [4.78, 5) is 18.7. The number of pyridine rings is 1. The third-order valence-electron chi connectivity index (χ3n) is 6.06. The second-order valence-corrected chi connectivity index (χ2v) is 7.87. The Balaban J connectivity index is 1.47. The Morgan fingerprint density at radius 2 is 2.21 bits per heavy atom. The number of nitrogens with two attached hydrogens (primary N) is 1. The van der Waals surface area contributed by atoms with Gasteiger partial charge in [-0.05, 0) is 57.2 Å². The summed E-state index contributed by atoms with van der Waals surface area (Å²) in [6, 6.07) is 4.49. The van der Waals surface area contributed by atoms with Gasteiger partial charge in [-0.25, -0.2) is 9.97 Å². The molecule has 1 fully saturated rings. The van der Waals surface area contributed by atoms with Gasteiger partial charge in [-0.3, -0.25) is 10.1 Å². The van der Waals surface area contributed by atoms with Crippen LogP contribution in [0.4, 0.5) is 17.3 Å². The second kappa shape index (κ2) is 7.01. The lowest BCUT2D eigenvalue weighted by molar-refractivity contribution is 0.358. The number of nitrogens with zero attached hydrogens (tertiary/aromatic N) is 6. The van der Waals surface area contributed by atoms with E-state index >= 15 is 0 Å². The van der Waals surface area contributed by atoms with Crippen molar-refractivity contribution in [3.05, 3.63) is 30.2 Å². The van der Waals surface area contributed by atoms with E-state index in [0.717, 1.165) is 79.5 Å². The molecule has 2 atom stereocenters. The first-order valence-electron chi connectivity index (χ1n) is 10.1. The fourth-order valence-electron chi connectivity index (χ4n) is 4.54. The molecule has 0 aliphatic carbocycles. The molecule has 28 heavy (non-hydrogen) atoms. The first-order chi connectivity index (χ1) is 13.7. The van der Waals surface area contributed by atoms with E-state index in [-0.39, 0.29) is 0 Å². The molecule has 0 radical (unpaired) electrons. The van der Waals surface area contributed by atoms with Gasteiger partial charge in [0, 0.05) is 25.3 Å². The average molecular weight is 378 g/mol. The highest BCUT2D eigenvalue weighted by Crippen LogP contribution is 2.34. The van der Waals surface area contributed by atoms with Crippen LogP contribution >= 0.6 is 0 Å². The monoisotopic (exact) mass is 378 g/mol. The van der Waals surface area contributed by atoms with Crippen LogP contribution in [0.25, 0.3) is 11.2 Å². The van der Waals surface area contributed by atoms with Crippen molar-refractivity contribution < 1.29 is 0 Å². The Bertz CT molecular complexity index is 983. The first kappa shape index (κ1) is 17.4. The molecule has 3 aromatic rings. The van der Waals surface area contributed by atoms with E-state index in [9.17, 15) is 0 Å². The highest BCUT2D eigenvalue weighted by Gasteiger charge is 2.27. The van der Waals surface area contributed by atoms with Crippen LogP contribution in [-0.2, 0) is 6.42 Å². The number of aryl methyl sites for hydroxylation is 1. The van der Waals surface area contributed by atoms with Crippen molar-refractivity contribution in [2.24, 2.45) is 11.7 Å². The summed E-state index contributed by atoms with van der Waals surface area (Å²) in [6.45, 7) is 4.88. The van der Waals surface area contributed by atoms with E-state index < -0.39 is 0 Å². The molecule has 5 heterocycles. The molecule has 0 spiro atoms. The van der Waals surface area contributed by atoms with Crippen molar-refractivity contribution in [2.75, 3.05) is 29.4 Å². The predicted molar refractivity (Wildman–Crippen MR) is 110 cm³/mol. The summed E-state index contributed by atoms with van der Waals surface area (Å²) in [7, 11) is 0. The zero-order valence-corrected chi connectivity index (χ0v) is 16.2. The normalized spacial score (nSPS) is 22.5. The molecule has 0 bridgehead atoms. The molecular weight excluding hydrogens is 352 g/mol. The van der Waals surface area contributed by atoms with E-state index in [4.69, 9.17) is 15.7 Å². The number of H-pyrrole nitrogens is 1. The van der Waals surface area contributed by atoms with Crippen LogP contribution in [0.15, 0.2) is 24.5 Å². The minimum Gasteiger partial charge on any atom is -0.353 e. The van der Waals surface area contributed by atoms with Gasteiger partial charge in [0.25, 0.3) is 0 Å². The molecule has 2 aliphatic rings. The van der Waals surface area contributed by atoms with Crippen molar-refractivity contribution in [3.8, 4) is 0 Å². The Labute approximate surface area is 164 Å². The molecule has 8 heteroatoms. The fourth-order valence-corrected chi connectivity index (χ4v) is 4.54. The third kappa shape index (κ3) is 2.88. The lowest BCUT2D eigenvalue weighted by Gasteiger charge is -2.38. The number of rotatable bonds is 3. The largest absolute Gasteiger partial charge is 0.353 e. The number of aromatic amines is 1. The molecule has 0 aromatic carbocycles. The van der Waals surface area contributed by atoms with E-state index in [1.807, 2.05) is 18.5 Å². The quantitative estimate of drug-likeness (QED) is 0.722. The van der Waals surface area contributed by atoms with Gasteiger partial charge in [-0.2, -0.15) is 5.10 Å². The van der Waals surface area contributed by atoms with Gasteiger partial charge in [-0.1, -0.05) is 0 Å². The molecule has 0 amide bonds. The predicted octanol–water partition coefficient (Wildman–Crippen LogP) is 2.40. The van der Waals surface area contributed by atoms with Gasteiger partial charge in [0.1, 0.15) is 5.82 Å². The number of piperidine rings is 1. The van der Waals surface area contributed by atoms with Gasteiger partial charge in [0.05, 0.1) is 17.6 Å². The smallest absolute Gasteiger partial charge is 0.183 e. The Kier molecular flexibility index (Phi) is 4.35. The molecule has 0 saturated carbocycles. The molecule has 1 saturated heterocycles. The van der Waals surface area contributed by atoms with Crippen LogP contribution < -0.4 is 15.5 Å². The number of fused-ring (bicyclic) bond motifs is 2. The summed E-state index contributed by atoms with van der Waals surface area (Å²) in [5.41, 5.74) is 9.64. The van der Waals surface area contributed by atoms with Gasteiger partial charge in [-0.15, -0.1) is 0 Å². The minimum atomic E-state index is 0.413. The second-order valence-electron chi connectivity index (χ2n) is 7.87. The number of hydrogen-bond donors (Lipinski definition) is 2. The highest BCUT2D eigenvalue weighted by atomic mass is 15.3. The molecule has 8 nitrogen and oxygen atoms in total. The maximum atomic E-state index is 5.86. The zero-order valence-electron chi connectivity index (χ0n) is 16.2. The number of hydrogen-bond acceptors (Lipinski definition) is 7. The standard InChI is InChI=1S/C20H26N8/c1-13-10-14(11-21)6-9-27(13)17-12-23-18-19(24-17)25-26-20(18)28-8-3-4-15-16(28)5-2-7-22-15/h2,5,7,12-14H,3-4,6,8-11,21H2,1H3,(H,24,25,26)/t13-,14-/m1/s1. The third-order valence-corrected chi connectivity index (χ3v) is 6.06. The lowest BCUT2D eigenvalue weighted by Crippen LogP contribution is -2.43. The van der Waals surface area contributed by atoms with Crippen molar-refractivity contribution in [3.63, 3.8) is 0 Å². The number of anilines is 3. The van der Waals surface area contributed by atoms with Crippen molar-refractivity contribution >= 4 is 28.5 Å². The van der Waals surface area contributed by atoms with Crippen LogP contribution in [-0.4, -0.2) is 50.8 Å². The molecule has 3 N–H and O–H groups in total. The average Bonchev–Trinajstić information content (AvgIpc) is 3.16. The summed E-state index contributed by atoms with van der Waals surface area (Å²) >= 11 is 0. The van der Waals surface area contributed by atoms with Crippen molar-refractivity contribution in [1.29, 1.82) is 0 Å². The lowest BCUT2D eigenvalue weighted by atomic mass is 9.92. The van der Waals surface area contributed by atoms with Crippen molar-refractivity contribution in [2.45, 2.75) is 38.6 Å². The Hall–Kier alpha value is -2.74. The van der Waals surface area contributed by atoms with Crippen LogP contribution in [0.2, 0.25) is 0 Å². The van der Waals surface area contributed by atoms with Crippen LogP contribution in [0.5, 0.6) is 0 Å². The maximum absolute atomic E-state index is 5.86. The van der Waals surface area contributed by atoms with E-state index in [2.05, 4.69) is 38.0 Å². The van der Waals surface area contributed by atoms with E-state index in [1.165, 1.54) is 0 Å². The molecule has 3 aromatic heterocycles. The van der Waals surface area contributed by atoms with Crippen LogP contribution in [0.3, 0.4) is 0 Å². The topological polar surface area (TPSA) is 99.9 Å². The fraction of sp³-hybridized carbons (Fsp3) is 0.500.